The number of carbonyl (C=O) groups excluding carboxylic acids is 2. The van der Waals surface area contributed by atoms with Gasteiger partial charge in [0.05, 0.1) is 17.7 Å². The lowest BCUT2D eigenvalue weighted by atomic mass is 10.0. The predicted octanol–water partition coefficient (Wildman–Crippen LogP) is 7.11. The molecule has 1 aromatic rings. The first-order valence-electron chi connectivity index (χ1n) is 13.2. The number of benzene rings is 1. The molecule has 0 saturated heterocycles. The molecule has 0 aliphatic heterocycles. The Balaban J connectivity index is 2.23. The Morgan fingerprint density at radius 2 is 1.17 bits per heavy atom. The SMILES string of the molecule is CCCCCCCCCCCCCCCCOC(=O)c1ccccc1C(=O)OC(CC)S(=O)(=O)O. The molecule has 0 aromatic heterocycles. The first-order valence-corrected chi connectivity index (χ1v) is 14.7. The fourth-order valence-electron chi connectivity index (χ4n) is 3.92. The second-order valence-corrected chi connectivity index (χ2v) is 10.6. The summed E-state index contributed by atoms with van der Waals surface area (Å²) in [6.07, 6.45) is 17.2. The van der Waals surface area contributed by atoms with E-state index in [0.717, 1.165) is 19.3 Å². The molecule has 0 aliphatic rings. The molecule has 1 atom stereocenters. The van der Waals surface area contributed by atoms with Crippen molar-refractivity contribution < 1.29 is 32.0 Å². The number of ether oxygens (including phenoxy) is 2. The van der Waals surface area contributed by atoms with Gasteiger partial charge < -0.3 is 9.47 Å². The molecule has 0 amide bonds. The van der Waals surface area contributed by atoms with Gasteiger partial charge in [-0.3, -0.25) is 4.55 Å². The van der Waals surface area contributed by atoms with Crippen molar-refractivity contribution in [2.45, 2.75) is 116 Å². The molecular formula is C27H44O7S. The summed E-state index contributed by atoms with van der Waals surface area (Å²) < 4.78 is 42.0. The topological polar surface area (TPSA) is 107 Å². The fourth-order valence-corrected chi connectivity index (χ4v) is 4.55. The molecule has 7 nitrogen and oxygen atoms in total. The van der Waals surface area contributed by atoms with Crippen LogP contribution in [-0.2, 0) is 19.6 Å². The summed E-state index contributed by atoms with van der Waals surface area (Å²) >= 11 is 0. The van der Waals surface area contributed by atoms with Crippen molar-refractivity contribution in [3.8, 4) is 0 Å². The highest BCUT2D eigenvalue weighted by Gasteiger charge is 2.28. The van der Waals surface area contributed by atoms with Gasteiger partial charge in [-0.05, 0) is 25.0 Å². The average molecular weight is 513 g/mol. The first-order chi connectivity index (χ1) is 16.8. The summed E-state index contributed by atoms with van der Waals surface area (Å²) in [5, 5.41) is 0. The van der Waals surface area contributed by atoms with Crippen LogP contribution in [0, 0.1) is 0 Å². The van der Waals surface area contributed by atoms with Crippen LogP contribution in [0.15, 0.2) is 24.3 Å². The Bertz CT molecular complexity index is 836. The van der Waals surface area contributed by atoms with Gasteiger partial charge in [-0.15, -0.1) is 0 Å². The molecule has 0 spiro atoms. The van der Waals surface area contributed by atoms with Crippen molar-refractivity contribution in [2.24, 2.45) is 0 Å². The molecule has 0 radical (unpaired) electrons. The van der Waals surface area contributed by atoms with E-state index in [9.17, 15) is 18.0 Å². The molecule has 0 heterocycles. The minimum Gasteiger partial charge on any atom is -0.462 e. The van der Waals surface area contributed by atoms with E-state index in [4.69, 9.17) is 14.0 Å². The summed E-state index contributed by atoms with van der Waals surface area (Å²) in [4.78, 5) is 24.9. The number of hydrogen-bond donors (Lipinski definition) is 1. The lowest BCUT2D eigenvalue weighted by Crippen LogP contribution is -2.27. The minimum atomic E-state index is -4.55. The highest BCUT2D eigenvalue weighted by atomic mass is 32.2. The zero-order valence-electron chi connectivity index (χ0n) is 21.5. The molecule has 1 rings (SSSR count). The highest BCUT2D eigenvalue weighted by molar-refractivity contribution is 7.86. The van der Waals surface area contributed by atoms with E-state index in [-0.39, 0.29) is 24.2 Å². The fraction of sp³-hybridized carbons (Fsp3) is 0.704. The summed E-state index contributed by atoms with van der Waals surface area (Å²) in [7, 11) is -4.55. The van der Waals surface area contributed by atoms with Gasteiger partial charge in [-0.2, -0.15) is 8.42 Å². The van der Waals surface area contributed by atoms with Crippen LogP contribution in [0.3, 0.4) is 0 Å². The maximum Gasteiger partial charge on any atom is 0.340 e. The summed E-state index contributed by atoms with van der Waals surface area (Å²) in [6, 6.07) is 5.91. The quantitative estimate of drug-likeness (QED) is 0.113. The van der Waals surface area contributed by atoms with E-state index < -0.39 is 27.5 Å². The molecule has 1 aromatic carbocycles. The second-order valence-electron chi connectivity index (χ2n) is 9.04. The van der Waals surface area contributed by atoms with Crippen molar-refractivity contribution in [1.29, 1.82) is 0 Å². The van der Waals surface area contributed by atoms with Crippen molar-refractivity contribution >= 4 is 22.1 Å². The van der Waals surface area contributed by atoms with E-state index >= 15 is 0 Å². The Hall–Kier alpha value is -1.93. The monoisotopic (exact) mass is 512 g/mol. The summed E-state index contributed by atoms with van der Waals surface area (Å²) in [5.74, 6) is -1.66. The Labute approximate surface area is 211 Å². The van der Waals surface area contributed by atoms with E-state index in [1.807, 2.05) is 0 Å². The maximum absolute atomic E-state index is 12.5. The van der Waals surface area contributed by atoms with E-state index in [0.29, 0.717) is 0 Å². The summed E-state index contributed by atoms with van der Waals surface area (Å²) in [5.41, 5.74) is -1.77. The van der Waals surface area contributed by atoms with Crippen molar-refractivity contribution in [3.63, 3.8) is 0 Å². The lowest BCUT2D eigenvalue weighted by Gasteiger charge is -2.14. The molecule has 1 unspecified atom stereocenters. The third kappa shape index (κ3) is 13.7. The van der Waals surface area contributed by atoms with Crippen molar-refractivity contribution in [1.82, 2.24) is 0 Å². The van der Waals surface area contributed by atoms with Crippen LogP contribution in [0.25, 0.3) is 0 Å². The van der Waals surface area contributed by atoms with Crippen LogP contribution in [0.4, 0.5) is 0 Å². The number of rotatable bonds is 20. The standard InChI is InChI=1S/C27H44O7S/c1-3-5-6-7-8-9-10-11-12-13-14-15-16-19-22-33-26(28)23-20-17-18-21-24(23)27(29)34-25(4-2)35(30,31)32/h17-18,20-21,25H,3-16,19,22H2,1-2H3,(H,30,31,32). The minimum absolute atomic E-state index is 0.00746. The largest absolute Gasteiger partial charge is 0.462 e. The van der Waals surface area contributed by atoms with E-state index in [2.05, 4.69) is 6.92 Å². The van der Waals surface area contributed by atoms with Crippen LogP contribution in [0.5, 0.6) is 0 Å². The molecule has 35 heavy (non-hydrogen) atoms. The molecule has 0 saturated carbocycles. The molecule has 1 N–H and O–H groups in total. The third-order valence-corrected chi connectivity index (χ3v) is 7.10. The van der Waals surface area contributed by atoms with Crippen LogP contribution in [-0.4, -0.2) is 37.0 Å². The Morgan fingerprint density at radius 3 is 1.60 bits per heavy atom. The zero-order chi connectivity index (χ0) is 25.9. The van der Waals surface area contributed by atoms with Gasteiger partial charge in [-0.25, -0.2) is 9.59 Å². The number of carbonyl (C=O) groups is 2. The van der Waals surface area contributed by atoms with Crippen LogP contribution < -0.4 is 0 Å². The van der Waals surface area contributed by atoms with Gasteiger partial charge in [0.2, 0.25) is 5.44 Å². The van der Waals surface area contributed by atoms with Crippen LogP contribution >= 0.6 is 0 Å². The highest BCUT2D eigenvalue weighted by Crippen LogP contribution is 2.17. The molecule has 200 valence electrons. The number of hydrogen-bond acceptors (Lipinski definition) is 6. The van der Waals surface area contributed by atoms with Crippen LogP contribution in [0.2, 0.25) is 0 Å². The van der Waals surface area contributed by atoms with Gasteiger partial charge in [0, 0.05) is 0 Å². The number of unbranched alkanes of at least 4 members (excludes halogenated alkanes) is 13. The Morgan fingerprint density at radius 1 is 0.743 bits per heavy atom. The van der Waals surface area contributed by atoms with Gasteiger partial charge in [0.1, 0.15) is 0 Å². The first kappa shape index (κ1) is 31.1. The Kier molecular flexibility index (Phi) is 16.3. The zero-order valence-corrected chi connectivity index (χ0v) is 22.3. The normalized spacial score (nSPS) is 12.3. The number of esters is 2. The van der Waals surface area contributed by atoms with Crippen molar-refractivity contribution in [3.05, 3.63) is 35.4 Å². The second kappa shape index (κ2) is 18.4. The average Bonchev–Trinajstić information content (AvgIpc) is 2.83. The third-order valence-electron chi connectivity index (χ3n) is 6.00. The van der Waals surface area contributed by atoms with Gasteiger partial charge in [0.15, 0.2) is 0 Å². The van der Waals surface area contributed by atoms with Gasteiger partial charge in [-0.1, -0.05) is 109 Å². The van der Waals surface area contributed by atoms with Crippen molar-refractivity contribution in [2.75, 3.05) is 6.61 Å². The van der Waals surface area contributed by atoms with Crippen LogP contribution in [0.1, 0.15) is 131 Å². The summed E-state index contributed by atoms with van der Waals surface area (Å²) in [6.45, 7) is 3.96. The lowest BCUT2D eigenvalue weighted by molar-refractivity contribution is 0.0402. The van der Waals surface area contributed by atoms with E-state index in [1.54, 1.807) is 6.07 Å². The van der Waals surface area contributed by atoms with Gasteiger partial charge in [0.25, 0.3) is 0 Å². The molecule has 8 heteroatoms. The molecule has 0 aliphatic carbocycles. The maximum atomic E-state index is 12.5. The van der Waals surface area contributed by atoms with E-state index in [1.165, 1.54) is 95.8 Å². The smallest absolute Gasteiger partial charge is 0.340 e. The predicted molar refractivity (Wildman–Crippen MR) is 138 cm³/mol. The molecule has 0 bridgehead atoms. The molecular weight excluding hydrogens is 468 g/mol. The van der Waals surface area contributed by atoms with Gasteiger partial charge >= 0.3 is 22.1 Å². The molecule has 0 fully saturated rings.